The van der Waals surface area contributed by atoms with Gasteiger partial charge in [0.05, 0.1) is 17.1 Å². The van der Waals surface area contributed by atoms with Crippen LogP contribution in [0.2, 0.25) is 0 Å². The lowest BCUT2D eigenvalue weighted by Crippen LogP contribution is -2.30. The Labute approximate surface area is 135 Å². The number of benzene rings is 1. The molecule has 124 valence electrons. The number of fused-ring (bicyclic) bond motifs is 1. The number of aromatic amines is 3. The Morgan fingerprint density at radius 1 is 1.25 bits per heavy atom. The van der Waals surface area contributed by atoms with Crippen molar-refractivity contribution in [3.63, 3.8) is 0 Å². The van der Waals surface area contributed by atoms with Crippen LogP contribution < -0.4 is 16.6 Å². The number of imidazole rings is 1. The summed E-state index contributed by atoms with van der Waals surface area (Å²) in [5.74, 6) is 0.417. The van der Waals surface area contributed by atoms with E-state index in [2.05, 4.69) is 30.5 Å². The lowest BCUT2D eigenvalue weighted by Gasteiger charge is -2.11. The number of carbonyl (C=O) groups is 1. The summed E-state index contributed by atoms with van der Waals surface area (Å²) < 4.78 is 0. The number of carbonyl (C=O) groups excluding carboxylic acids is 1. The molecule has 0 fully saturated rings. The molecule has 2 aromatic heterocycles. The second-order valence-corrected chi connectivity index (χ2v) is 5.38. The molecular weight excluding hydrogens is 312 g/mol. The van der Waals surface area contributed by atoms with E-state index in [1.54, 1.807) is 0 Å². The molecule has 4 N–H and O–H groups in total. The third-order valence-electron chi connectivity index (χ3n) is 3.57. The predicted molar refractivity (Wildman–Crippen MR) is 86.5 cm³/mol. The molecule has 0 aliphatic heterocycles. The van der Waals surface area contributed by atoms with Crippen LogP contribution in [0.25, 0.3) is 11.0 Å². The number of nitrogens with zero attached hydrogens (tertiary/aromatic N) is 2. The van der Waals surface area contributed by atoms with Gasteiger partial charge in [-0.25, -0.2) is 14.9 Å². The van der Waals surface area contributed by atoms with Crippen molar-refractivity contribution in [3.05, 3.63) is 56.6 Å². The van der Waals surface area contributed by atoms with Gasteiger partial charge in [-0.2, -0.15) is 5.10 Å². The molecule has 0 unspecified atom stereocenters. The van der Waals surface area contributed by atoms with Crippen molar-refractivity contribution in [2.24, 2.45) is 0 Å². The van der Waals surface area contributed by atoms with Gasteiger partial charge < -0.3 is 10.3 Å². The first-order valence-corrected chi connectivity index (χ1v) is 7.45. The van der Waals surface area contributed by atoms with Crippen molar-refractivity contribution in [3.8, 4) is 0 Å². The topological polar surface area (TPSA) is 136 Å². The molecule has 3 aromatic rings. The van der Waals surface area contributed by atoms with E-state index >= 15 is 0 Å². The first kappa shape index (κ1) is 15.7. The van der Waals surface area contributed by atoms with E-state index in [0.29, 0.717) is 5.82 Å². The van der Waals surface area contributed by atoms with Gasteiger partial charge in [0, 0.05) is 12.8 Å². The van der Waals surface area contributed by atoms with Gasteiger partial charge >= 0.3 is 5.69 Å². The highest BCUT2D eigenvalue weighted by atomic mass is 16.2. The molecule has 2 heterocycles. The van der Waals surface area contributed by atoms with E-state index in [-0.39, 0.29) is 30.5 Å². The van der Waals surface area contributed by atoms with Crippen LogP contribution in [0.15, 0.2) is 33.9 Å². The number of rotatable bonds is 5. The van der Waals surface area contributed by atoms with Crippen LogP contribution >= 0.6 is 0 Å². The van der Waals surface area contributed by atoms with Crippen LogP contribution in [0.4, 0.5) is 0 Å². The fraction of sp³-hybridized carbons (Fsp3) is 0.267. The molecule has 0 radical (unpaired) electrons. The molecule has 0 bridgehead atoms. The zero-order chi connectivity index (χ0) is 17.1. The van der Waals surface area contributed by atoms with E-state index in [1.807, 2.05) is 31.2 Å². The monoisotopic (exact) mass is 328 g/mol. The van der Waals surface area contributed by atoms with Crippen LogP contribution in [0, 0.1) is 0 Å². The van der Waals surface area contributed by atoms with Gasteiger partial charge in [0.2, 0.25) is 5.91 Å². The predicted octanol–water partition coefficient (Wildman–Crippen LogP) is 0.145. The number of para-hydroxylation sites is 2. The molecular formula is C15H16N6O3. The van der Waals surface area contributed by atoms with E-state index in [0.717, 1.165) is 11.0 Å². The smallest absolute Gasteiger partial charge is 0.342 e. The van der Waals surface area contributed by atoms with Crippen molar-refractivity contribution >= 4 is 16.9 Å². The second kappa shape index (κ2) is 6.49. The van der Waals surface area contributed by atoms with Crippen molar-refractivity contribution in [1.82, 2.24) is 30.5 Å². The molecule has 1 amide bonds. The summed E-state index contributed by atoms with van der Waals surface area (Å²) >= 11 is 0. The Bertz CT molecular complexity index is 953. The van der Waals surface area contributed by atoms with Crippen LogP contribution in [-0.4, -0.2) is 31.1 Å². The third kappa shape index (κ3) is 3.40. The maximum atomic E-state index is 12.0. The highest BCUT2D eigenvalue weighted by Crippen LogP contribution is 2.15. The first-order chi connectivity index (χ1) is 11.5. The Balaban J connectivity index is 1.61. The van der Waals surface area contributed by atoms with E-state index in [9.17, 15) is 14.4 Å². The minimum atomic E-state index is -0.674. The number of hydrogen-bond acceptors (Lipinski definition) is 5. The molecule has 1 atom stereocenters. The van der Waals surface area contributed by atoms with Crippen molar-refractivity contribution in [1.29, 1.82) is 0 Å². The van der Waals surface area contributed by atoms with E-state index in [4.69, 9.17) is 0 Å². The Morgan fingerprint density at radius 2 is 2.04 bits per heavy atom. The van der Waals surface area contributed by atoms with Crippen LogP contribution in [0.1, 0.15) is 30.9 Å². The fourth-order valence-corrected chi connectivity index (χ4v) is 2.33. The number of amides is 1. The normalized spacial score (nSPS) is 12.2. The molecule has 0 aliphatic carbocycles. The summed E-state index contributed by atoms with van der Waals surface area (Å²) in [6.45, 7) is 1.82. The van der Waals surface area contributed by atoms with Crippen LogP contribution in [0.5, 0.6) is 0 Å². The number of aromatic nitrogens is 5. The molecule has 0 saturated heterocycles. The van der Waals surface area contributed by atoms with Gasteiger partial charge in [0.1, 0.15) is 11.5 Å². The van der Waals surface area contributed by atoms with Gasteiger partial charge in [-0.1, -0.05) is 12.1 Å². The largest absolute Gasteiger partial charge is 0.346 e. The minimum absolute atomic E-state index is 0.0761. The van der Waals surface area contributed by atoms with Crippen molar-refractivity contribution < 1.29 is 4.79 Å². The summed E-state index contributed by atoms with van der Waals surface area (Å²) in [6.07, 6.45) is 0.206. The maximum absolute atomic E-state index is 12.0. The van der Waals surface area contributed by atoms with E-state index in [1.165, 1.54) is 0 Å². The Morgan fingerprint density at radius 3 is 2.79 bits per heavy atom. The van der Waals surface area contributed by atoms with Gasteiger partial charge in [0.25, 0.3) is 5.56 Å². The summed E-state index contributed by atoms with van der Waals surface area (Å²) in [4.78, 5) is 44.1. The van der Waals surface area contributed by atoms with Gasteiger partial charge in [-0.15, -0.1) is 0 Å². The lowest BCUT2D eigenvalue weighted by atomic mass is 10.2. The summed E-state index contributed by atoms with van der Waals surface area (Å²) in [6, 6.07) is 7.30. The highest BCUT2D eigenvalue weighted by Gasteiger charge is 2.14. The standard InChI is InChI=1S/C15H16N6O3/c1-8(13-17-9-4-2-3-5-10(9)18-13)16-12(22)7-6-11-14(23)19-15(24)21-20-11/h2-5,8H,6-7H2,1H3,(H,16,22)(H,17,18)(H2,19,21,23,24)/t8-/m1/s1. The molecule has 3 rings (SSSR count). The van der Waals surface area contributed by atoms with Crippen LogP contribution in [0.3, 0.4) is 0 Å². The Kier molecular flexibility index (Phi) is 4.23. The Hall–Kier alpha value is -3.23. The summed E-state index contributed by atoms with van der Waals surface area (Å²) in [5, 5.41) is 8.59. The molecule has 0 saturated carbocycles. The van der Waals surface area contributed by atoms with Gasteiger partial charge in [0.15, 0.2) is 0 Å². The van der Waals surface area contributed by atoms with Gasteiger partial charge in [-0.3, -0.25) is 14.6 Å². The second-order valence-electron chi connectivity index (χ2n) is 5.38. The fourth-order valence-electron chi connectivity index (χ4n) is 2.33. The third-order valence-corrected chi connectivity index (χ3v) is 3.57. The molecule has 9 nitrogen and oxygen atoms in total. The maximum Gasteiger partial charge on any atom is 0.342 e. The average Bonchev–Trinajstić information content (AvgIpc) is 2.98. The van der Waals surface area contributed by atoms with Crippen LogP contribution in [-0.2, 0) is 11.2 Å². The van der Waals surface area contributed by atoms with Gasteiger partial charge in [-0.05, 0) is 19.1 Å². The quantitative estimate of drug-likeness (QED) is 0.528. The molecule has 24 heavy (non-hydrogen) atoms. The molecule has 0 aliphatic rings. The zero-order valence-electron chi connectivity index (χ0n) is 12.9. The van der Waals surface area contributed by atoms with E-state index < -0.39 is 11.2 Å². The molecule has 0 spiro atoms. The SMILES string of the molecule is C[C@@H](NC(=O)CCc1n[nH]c(=O)[nH]c1=O)c1nc2ccccc2[nH]1. The number of hydrogen-bond donors (Lipinski definition) is 4. The summed E-state index contributed by atoms with van der Waals surface area (Å²) in [7, 11) is 0. The zero-order valence-corrected chi connectivity index (χ0v) is 12.9. The van der Waals surface area contributed by atoms with Crippen molar-refractivity contribution in [2.75, 3.05) is 0 Å². The first-order valence-electron chi connectivity index (χ1n) is 7.45. The summed E-state index contributed by atoms with van der Waals surface area (Å²) in [5.41, 5.74) is 0.583. The molecule has 1 aromatic carbocycles. The number of nitrogens with one attached hydrogen (secondary N) is 4. The minimum Gasteiger partial charge on any atom is -0.346 e. The lowest BCUT2D eigenvalue weighted by molar-refractivity contribution is -0.121. The molecule has 9 heteroatoms. The average molecular weight is 328 g/mol. The number of aryl methyl sites for hydroxylation is 1. The van der Waals surface area contributed by atoms with Crippen molar-refractivity contribution in [2.45, 2.75) is 25.8 Å². The highest BCUT2D eigenvalue weighted by molar-refractivity contribution is 5.77. The number of H-pyrrole nitrogens is 3.